The largest absolute Gasteiger partial charge is 0.480 e. The number of amides is 1. The highest BCUT2D eigenvalue weighted by atomic mass is 16.5. The Morgan fingerprint density at radius 2 is 2.00 bits per heavy atom. The minimum absolute atomic E-state index is 0.0928. The van der Waals surface area contributed by atoms with Crippen LogP contribution in [0.1, 0.15) is 21.7 Å². The van der Waals surface area contributed by atoms with Crippen molar-refractivity contribution < 1.29 is 9.53 Å². The molecule has 0 unspecified atom stereocenters. The Bertz CT molecular complexity index is 942. The molecule has 1 N–H and O–H groups in total. The Kier molecular flexibility index (Phi) is 4.65. The molecule has 0 saturated carbocycles. The van der Waals surface area contributed by atoms with Crippen LogP contribution in [0.4, 0.5) is 5.95 Å². The normalized spacial score (nSPS) is 13.1. The first kappa shape index (κ1) is 17.0. The number of pyridine rings is 1. The van der Waals surface area contributed by atoms with Gasteiger partial charge in [0.15, 0.2) is 0 Å². The van der Waals surface area contributed by atoms with Gasteiger partial charge in [-0.25, -0.2) is 15.0 Å². The van der Waals surface area contributed by atoms with Crippen LogP contribution in [-0.2, 0) is 19.6 Å². The predicted molar refractivity (Wildman–Crippen MR) is 97.1 cm³/mol. The number of methoxy groups -OCH3 is 1. The summed E-state index contributed by atoms with van der Waals surface area (Å²) in [4.78, 5) is 27.0. The zero-order valence-corrected chi connectivity index (χ0v) is 14.9. The number of rotatable bonds is 5. The molecule has 1 amide bonds. The summed E-state index contributed by atoms with van der Waals surface area (Å²) in [6.07, 6.45) is 4.98. The molecular formula is C18H19N7O2. The number of nitrogens with one attached hydrogen (secondary N) is 1. The second-order valence-corrected chi connectivity index (χ2v) is 6.06. The Morgan fingerprint density at radius 1 is 1.19 bits per heavy atom. The molecule has 4 rings (SSSR count). The lowest BCUT2D eigenvalue weighted by molar-refractivity contribution is 0.0702. The maximum absolute atomic E-state index is 12.9. The van der Waals surface area contributed by atoms with E-state index in [1.807, 2.05) is 10.7 Å². The highest BCUT2D eigenvalue weighted by molar-refractivity contribution is 5.96. The first-order valence-corrected chi connectivity index (χ1v) is 8.59. The van der Waals surface area contributed by atoms with Crippen LogP contribution in [0.25, 0.3) is 0 Å². The highest BCUT2D eigenvalue weighted by Gasteiger charge is 2.25. The van der Waals surface area contributed by atoms with Crippen molar-refractivity contribution in [3.05, 3.63) is 59.8 Å². The van der Waals surface area contributed by atoms with Crippen LogP contribution < -0.4 is 10.1 Å². The van der Waals surface area contributed by atoms with Crippen LogP contribution >= 0.6 is 0 Å². The smallest absolute Gasteiger partial charge is 0.259 e. The average molecular weight is 365 g/mol. The second kappa shape index (κ2) is 7.40. The minimum Gasteiger partial charge on any atom is -0.480 e. The van der Waals surface area contributed by atoms with Gasteiger partial charge in [-0.05, 0) is 24.3 Å². The van der Waals surface area contributed by atoms with Gasteiger partial charge in [0, 0.05) is 25.1 Å². The zero-order valence-electron chi connectivity index (χ0n) is 14.9. The van der Waals surface area contributed by atoms with Gasteiger partial charge < -0.3 is 15.0 Å². The predicted octanol–water partition coefficient (Wildman–Crippen LogP) is 1.34. The molecule has 9 heteroatoms. The van der Waals surface area contributed by atoms with Gasteiger partial charge in [-0.3, -0.25) is 9.48 Å². The lowest BCUT2D eigenvalue weighted by atomic mass is 10.2. The summed E-state index contributed by atoms with van der Waals surface area (Å²) >= 11 is 0. The molecule has 0 atom stereocenters. The summed E-state index contributed by atoms with van der Waals surface area (Å²) in [5, 5.41) is 7.73. The molecule has 0 spiro atoms. The molecule has 0 aromatic carbocycles. The molecule has 0 bridgehead atoms. The standard InChI is InChI=1S/C18H19N7O2/c1-27-16-15(4-2-5-19-16)17(26)24-8-9-25-14(12-24)10-13(23-25)11-22-18-20-6-3-7-21-18/h2-7,10H,8-9,11-12H2,1H3,(H,20,21,22). The van der Waals surface area contributed by atoms with Crippen LogP contribution in [0.15, 0.2) is 42.9 Å². The molecule has 0 radical (unpaired) electrons. The van der Waals surface area contributed by atoms with Crippen LogP contribution in [0.2, 0.25) is 0 Å². The average Bonchev–Trinajstić information content (AvgIpc) is 3.14. The van der Waals surface area contributed by atoms with Gasteiger partial charge >= 0.3 is 0 Å². The topological polar surface area (TPSA) is 98.1 Å². The number of aromatic nitrogens is 5. The highest BCUT2D eigenvalue weighted by Crippen LogP contribution is 2.20. The van der Waals surface area contributed by atoms with Crippen LogP contribution in [0, 0.1) is 0 Å². The summed E-state index contributed by atoms with van der Waals surface area (Å²) in [7, 11) is 1.51. The molecule has 3 aromatic heterocycles. The Balaban J connectivity index is 1.45. The number of nitrogens with zero attached hydrogens (tertiary/aromatic N) is 6. The number of carbonyl (C=O) groups excluding carboxylic acids is 1. The van der Waals surface area contributed by atoms with E-state index in [-0.39, 0.29) is 5.91 Å². The molecule has 0 fully saturated rings. The van der Waals surface area contributed by atoms with Gasteiger partial charge in [-0.1, -0.05) is 0 Å². The first-order chi connectivity index (χ1) is 13.2. The fraction of sp³-hybridized carbons (Fsp3) is 0.278. The summed E-state index contributed by atoms with van der Waals surface area (Å²) in [6.45, 7) is 2.24. The van der Waals surface area contributed by atoms with Crippen LogP contribution in [0.3, 0.4) is 0 Å². The molecule has 3 aromatic rings. The molecule has 0 saturated heterocycles. The maximum atomic E-state index is 12.9. The van der Waals surface area contributed by atoms with Crippen molar-refractivity contribution in [1.29, 1.82) is 0 Å². The van der Waals surface area contributed by atoms with Crippen molar-refractivity contribution in [2.45, 2.75) is 19.6 Å². The van der Waals surface area contributed by atoms with E-state index < -0.39 is 0 Å². The van der Waals surface area contributed by atoms with Crippen molar-refractivity contribution >= 4 is 11.9 Å². The van der Waals surface area contributed by atoms with Gasteiger partial charge in [-0.15, -0.1) is 0 Å². The summed E-state index contributed by atoms with van der Waals surface area (Å²) in [5.41, 5.74) is 2.34. The van der Waals surface area contributed by atoms with Gasteiger partial charge in [0.2, 0.25) is 11.8 Å². The van der Waals surface area contributed by atoms with Crippen LogP contribution in [-0.4, -0.2) is 49.2 Å². The van der Waals surface area contributed by atoms with Crippen molar-refractivity contribution in [3.8, 4) is 5.88 Å². The lowest BCUT2D eigenvalue weighted by Crippen LogP contribution is -2.38. The summed E-state index contributed by atoms with van der Waals surface area (Å²) in [6, 6.07) is 7.23. The number of anilines is 1. The number of hydrogen-bond acceptors (Lipinski definition) is 7. The van der Waals surface area contributed by atoms with E-state index in [0.29, 0.717) is 43.6 Å². The molecule has 1 aliphatic rings. The van der Waals surface area contributed by atoms with Gasteiger partial charge in [0.1, 0.15) is 5.56 Å². The zero-order chi connectivity index (χ0) is 18.6. The molecule has 138 valence electrons. The number of carbonyl (C=O) groups is 1. The van der Waals surface area contributed by atoms with E-state index in [4.69, 9.17) is 4.74 Å². The Morgan fingerprint density at radius 3 is 2.81 bits per heavy atom. The number of hydrogen-bond donors (Lipinski definition) is 1. The third kappa shape index (κ3) is 3.57. The van der Waals surface area contributed by atoms with E-state index in [9.17, 15) is 4.79 Å². The molecule has 27 heavy (non-hydrogen) atoms. The van der Waals surface area contributed by atoms with Gasteiger partial charge in [0.05, 0.1) is 38.1 Å². The molecule has 9 nitrogen and oxygen atoms in total. The molecule has 1 aliphatic heterocycles. The van der Waals surface area contributed by atoms with Crippen molar-refractivity contribution in [2.24, 2.45) is 0 Å². The fourth-order valence-electron chi connectivity index (χ4n) is 3.03. The van der Waals surface area contributed by atoms with E-state index in [2.05, 4.69) is 25.4 Å². The molecule has 0 aliphatic carbocycles. The Labute approximate surface area is 156 Å². The van der Waals surface area contributed by atoms with Crippen LogP contribution in [0.5, 0.6) is 5.88 Å². The van der Waals surface area contributed by atoms with Gasteiger partial charge in [-0.2, -0.15) is 5.10 Å². The van der Waals surface area contributed by atoms with Crippen molar-refractivity contribution in [3.63, 3.8) is 0 Å². The van der Waals surface area contributed by atoms with E-state index in [1.165, 1.54) is 7.11 Å². The van der Waals surface area contributed by atoms with E-state index >= 15 is 0 Å². The first-order valence-electron chi connectivity index (χ1n) is 8.59. The molecular weight excluding hydrogens is 346 g/mol. The fourth-order valence-corrected chi connectivity index (χ4v) is 3.03. The lowest BCUT2D eigenvalue weighted by Gasteiger charge is -2.28. The number of fused-ring (bicyclic) bond motifs is 1. The third-order valence-corrected chi connectivity index (χ3v) is 4.32. The minimum atomic E-state index is -0.0928. The second-order valence-electron chi connectivity index (χ2n) is 6.06. The third-order valence-electron chi connectivity index (χ3n) is 4.32. The molecule has 4 heterocycles. The van der Waals surface area contributed by atoms with Crippen molar-refractivity contribution in [1.82, 2.24) is 29.6 Å². The summed E-state index contributed by atoms with van der Waals surface area (Å²) < 4.78 is 7.15. The Hall–Kier alpha value is -3.49. The van der Waals surface area contributed by atoms with Gasteiger partial charge in [0.25, 0.3) is 5.91 Å². The van der Waals surface area contributed by atoms with E-state index in [0.717, 1.165) is 11.4 Å². The summed E-state index contributed by atoms with van der Waals surface area (Å²) in [5.74, 6) is 0.808. The SMILES string of the molecule is COc1ncccc1C(=O)N1CCn2nc(CNc3ncccn3)cc2C1. The monoisotopic (exact) mass is 365 g/mol. The van der Waals surface area contributed by atoms with E-state index in [1.54, 1.807) is 41.7 Å². The maximum Gasteiger partial charge on any atom is 0.259 e. The number of ether oxygens (including phenoxy) is 1. The quantitative estimate of drug-likeness (QED) is 0.729. The van der Waals surface area contributed by atoms with Crippen molar-refractivity contribution in [2.75, 3.05) is 19.0 Å².